The number of carbonyl (C=O) groups excluding carboxylic acids is 1. The van der Waals surface area contributed by atoms with Gasteiger partial charge in [-0.05, 0) is 18.6 Å². The Balaban J connectivity index is 2.29. The van der Waals surface area contributed by atoms with Gasteiger partial charge in [0.25, 0.3) is 0 Å². The number of hydrogen-bond acceptors (Lipinski definition) is 3. The van der Waals surface area contributed by atoms with Crippen molar-refractivity contribution in [1.29, 1.82) is 0 Å². The number of rotatable bonds is 5. The van der Waals surface area contributed by atoms with E-state index in [1.165, 1.54) is 0 Å². The standard InChI is InChI=1S/C16H13FO4/c1-10(18)15-13(16(19)20)7-12(8-14(15)17)21-9-11-5-3-2-4-6-11/h2-8H,9H2,1H3,(H,19,20). The topological polar surface area (TPSA) is 63.6 Å². The zero-order chi connectivity index (χ0) is 15.4. The second kappa shape index (κ2) is 6.17. The lowest BCUT2D eigenvalue weighted by molar-refractivity contribution is 0.0690. The largest absolute Gasteiger partial charge is 0.489 e. The van der Waals surface area contributed by atoms with Crippen LogP contribution in [0.5, 0.6) is 5.75 Å². The predicted molar refractivity (Wildman–Crippen MR) is 74.1 cm³/mol. The van der Waals surface area contributed by atoms with Gasteiger partial charge in [-0.1, -0.05) is 30.3 Å². The van der Waals surface area contributed by atoms with Crippen LogP contribution in [0.25, 0.3) is 0 Å². The maximum Gasteiger partial charge on any atom is 0.336 e. The zero-order valence-electron chi connectivity index (χ0n) is 11.3. The summed E-state index contributed by atoms with van der Waals surface area (Å²) in [7, 11) is 0. The summed E-state index contributed by atoms with van der Waals surface area (Å²) in [5.41, 5.74) is 0.0329. The molecule has 0 saturated carbocycles. The molecule has 4 nitrogen and oxygen atoms in total. The van der Waals surface area contributed by atoms with Crippen molar-refractivity contribution in [3.8, 4) is 5.75 Å². The van der Waals surface area contributed by atoms with Crippen LogP contribution in [0.4, 0.5) is 4.39 Å². The molecule has 0 unspecified atom stereocenters. The Morgan fingerprint density at radius 2 is 1.86 bits per heavy atom. The van der Waals surface area contributed by atoms with Gasteiger partial charge in [-0.3, -0.25) is 4.79 Å². The second-order valence-electron chi connectivity index (χ2n) is 4.46. The highest BCUT2D eigenvalue weighted by Crippen LogP contribution is 2.23. The average molecular weight is 288 g/mol. The van der Waals surface area contributed by atoms with Crippen molar-refractivity contribution in [2.75, 3.05) is 0 Å². The maximum atomic E-state index is 13.9. The van der Waals surface area contributed by atoms with Gasteiger partial charge in [0.2, 0.25) is 0 Å². The smallest absolute Gasteiger partial charge is 0.336 e. The Bertz CT molecular complexity index is 680. The summed E-state index contributed by atoms with van der Waals surface area (Å²) in [6, 6.07) is 11.4. The van der Waals surface area contributed by atoms with E-state index < -0.39 is 28.7 Å². The maximum absolute atomic E-state index is 13.9. The molecule has 0 aromatic heterocycles. The Hall–Kier alpha value is -2.69. The summed E-state index contributed by atoms with van der Waals surface area (Å²) < 4.78 is 19.3. The van der Waals surface area contributed by atoms with E-state index in [2.05, 4.69) is 0 Å². The van der Waals surface area contributed by atoms with E-state index in [1.54, 1.807) is 0 Å². The van der Waals surface area contributed by atoms with Crippen molar-refractivity contribution < 1.29 is 23.8 Å². The van der Waals surface area contributed by atoms with E-state index in [1.807, 2.05) is 30.3 Å². The summed E-state index contributed by atoms with van der Waals surface area (Å²) in [6.07, 6.45) is 0. The van der Waals surface area contributed by atoms with Gasteiger partial charge >= 0.3 is 5.97 Å². The highest BCUT2D eigenvalue weighted by molar-refractivity contribution is 6.05. The van der Waals surface area contributed by atoms with E-state index in [-0.39, 0.29) is 12.4 Å². The number of ketones is 1. The summed E-state index contributed by atoms with van der Waals surface area (Å²) in [5, 5.41) is 9.07. The molecule has 0 spiro atoms. The third-order valence-electron chi connectivity index (χ3n) is 2.89. The quantitative estimate of drug-likeness (QED) is 0.857. The first-order valence-corrected chi connectivity index (χ1v) is 6.23. The molecule has 0 radical (unpaired) electrons. The van der Waals surface area contributed by atoms with Gasteiger partial charge in [-0.15, -0.1) is 0 Å². The Morgan fingerprint density at radius 3 is 2.43 bits per heavy atom. The van der Waals surface area contributed by atoms with E-state index in [9.17, 15) is 14.0 Å². The number of benzene rings is 2. The third-order valence-corrected chi connectivity index (χ3v) is 2.89. The molecule has 2 aromatic carbocycles. The van der Waals surface area contributed by atoms with E-state index >= 15 is 0 Å². The van der Waals surface area contributed by atoms with Crippen LogP contribution >= 0.6 is 0 Å². The van der Waals surface area contributed by atoms with Crippen LogP contribution in [0.15, 0.2) is 42.5 Å². The molecule has 2 aromatic rings. The first-order chi connectivity index (χ1) is 9.99. The minimum atomic E-state index is -1.37. The molecule has 0 heterocycles. The van der Waals surface area contributed by atoms with Gasteiger partial charge in [0.05, 0.1) is 11.1 Å². The minimum absolute atomic E-state index is 0.0683. The number of ether oxygens (including phenoxy) is 1. The van der Waals surface area contributed by atoms with Crippen molar-refractivity contribution >= 4 is 11.8 Å². The zero-order valence-corrected chi connectivity index (χ0v) is 11.3. The van der Waals surface area contributed by atoms with Crippen molar-refractivity contribution in [3.63, 3.8) is 0 Å². The molecule has 0 aliphatic rings. The Morgan fingerprint density at radius 1 is 1.19 bits per heavy atom. The molecule has 0 bridgehead atoms. The van der Waals surface area contributed by atoms with Crippen LogP contribution in [0.2, 0.25) is 0 Å². The molecule has 0 fully saturated rings. The van der Waals surface area contributed by atoms with Crippen molar-refractivity contribution in [2.45, 2.75) is 13.5 Å². The first kappa shape index (κ1) is 14.7. The molecule has 108 valence electrons. The summed E-state index contributed by atoms with van der Waals surface area (Å²) in [4.78, 5) is 22.5. The fourth-order valence-electron chi connectivity index (χ4n) is 1.93. The molecule has 0 atom stereocenters. The number of hydrogen-bond donors (Lipinski definition) is 1. The monoisotopic (exact) mass is 288 g/mol. The number of Topliss-reactive ketones (excluding diaryl/α,β-unsaturated/α-hetero) is 1. The summed E-state index contributed by atoms with van der Waals surface area (Å²) >= 11 is 0. The minimum Gasteiger partial charge on any atom is -0.489 e. The van der Waals surface area contributed by atoms with Crippen LogP contribution in [0.3, 0.4) is 0 Å². The molecule has 5 heteroatoms. The van der Waals surface area contributed by atoms with Crippen LogP contribution < -0.4 is 4.74 Å². The number of carboxylic acids is 1. The van der Waals surface area contributed by atoms with Crippen molar-refractivity contribution in [1.82, 2.24) is 0 Å². The molecular weight excluding hydrogens is 275 g/mol. The van der Waals surface area contributed by atoms with Crippen LogP contribution in [-0.2, 0) is 6.61 Å². The second-order valence-corrected chi connectivity index (χ2v) is 4.46. The molecular formula is C16H13FO4. The number of aromatic carboxylic acids is 1. The lowest BCUT2D eigenvalue weighted by Gasteiger charge is -2.10. The molecule has 1 N–H and O–H groups in total. The van der Waals surface area contributed by atoms with Gasteiger partial charge in [0.15, 0.2) is 5.78 Å². The van der Waals surface area contributed by atoms with Gasteiger partial charge < -0.3 is 9.84 Å². The predicted octanol–water partition coefficient (Wildman–Crippen LogP) is 3.31. The van der Waals surface area contributed by atoms with E-state index in [0.717, 1.165) is 24.6 Å². The lowest BCUT2D eigenvalue weighted by Crippen LogP contribution is -2.10. The van der Waals surface area contributed by atoms with Crippen LogP contribution in [-0.4, -0.2) is 16.9 Å². The SMILES string of the molecule is CC(=O)c1c(F)cc(OCc2ccccc2)cc1C(=O)O. The number of carbonyl (C=O) groups is 2. The van der Waals surface area contributed by atoms with E-state index in [4.69, 9.17) is 9.84 Å². The first-order valence-electron chi connectivity index (χ1n) is 6.23. The molecule has 2 rings (SSSR count). The highest BCUT2D eigenvalue weighted by atomic mass is 19.1. The van der Waals surface area contributed by atoms with Crippen LogP contribution in [0.1, 0.15) is 33.2 Å². The molecule has 0 saturated heterocycles. The average Bonchev–Trinajstić information content (AvgIpc) is 2.45. The summed E-state index contributed by atoms with van der Waals surface area (Å²) in [5.74, 6) is -2.84. The fraction of sp³-hybridized carbons (Fsp3) is 0.125. The molecule has 0 aliphatic carbocycles. The Kier molecular flexibility index (Phi) is 4.33. The molecule has 21 heavy (non-hydrogen) atoms. The van der Waals surface area contributed by atoms with Gasteiger partial charge in [-0.2, -0.15) is 0 Å². The Labute approximate surface area is 120 Å². The van der Waals surface area contributed by atoms with Gasteiger partial charge in [-0.25, -0.2) is 9.18 Å². The van der Waals surface area contributed by atoms with E-state index in [0.29, 0.717) is 0 Å². The normalized spacial score (nSPS) is 10.2. The lowest BCUT2D eigenvalue weighted by atomic mass is 10.0. The molecule has 0 aliphatic heterocycles. The third kappa shape index (κ3) is 3.45. The summed E-state index contributed by atoms with van der Waals surface area (Å²) in [6.45, 7) is 1.30. The fourth-order valence-corrected chi connectivity index (χ4v) is 1.93. The number of halogens is 1. The van der Waals surface area contributed by atoms with Gasteiger partial charge in [0, 0.05) is 6.07 Å². The van der Waals surface area contributed by atoms with Crippen molar-refractivity contribution in [3.05, 3.63) is 65.0 Å². The molecule has 0 amide bonds. The van der Waals surface area contributed by atoms with Gasteiger partial charge in [0.1, 0.15) is 18.2 Å². The number of carboxylic acid groups (broad SMARTS) is 1. The van der Waals surface area contributed by atoms with Crippen LogP contribution in [0, 0.1) is 5.82 Å². The highest BCUT2D eigenvalue weighted by Gasteiger charge is 2.20. The van der Waals surface area contributed by atoms with Crippen molar-refractivity contribution in [2.24, 2.45) is 0 Å².